The van der Waals surface area contributed by atoms with Gasteiger partial charge in [-0.25, -0.2) is 27.2 Å². The molecule has 8 nitrogen and oxygen atoms in total. The van der Waals surface area contributed by atoms with Crippen LogP contribution >= 0.6 is 0 Å². The minimum Gasteiger partial charge on any atom is -0.479 e. The zero-order valence-electron chi connectivity index (χ0n) is 21.0. The predicted octanol–water partition coefficient (Wildman–Crippen LogP) is 5.70. The Morgan fingerprint density at radius 3 is 2.55 bits per heavy atom. The van der Waals surface area contributed by atoms with Gasteiger partial charge in [0.25, 0.3) is 10.0 Å². The Labute approximate surface area is 228 Å². The highest BCUT2D eigenvalue weighted by Crippen LogP contribution is 2.38. The number of pyridine rings is 2. The van der Waals surface area contributed by atoms with Gasteiger partial charge < -0.3 is 10.5 Å². The van der Waals surface area contributed by atoms with Crippen LogP contribution < -0.4 is 15.2 Å². The van der Waals surface area contributed by atoms with Gasteiger partial charge in [-0.15, -0.1) is 0 Å². The van der Waals surface area contributed by atoms with Crippen LogP contribution in [0.1, 0.15) is 5.56 Å². The Balaban J connectivity index is 1.64. The second kappa shape index (κ2) is 10.6. The number of rotatable bonds is 7. The Morgan fingerprint density at radius 2 is 1.80 bits per heavy atom. The van der Waals surface area contributed by atoms with Gasteiger partial charge in [-0.2, -0.15) is 5.26 Å². The molecular weight excluding hydrogens is 536 g/mol. The lowest BCUT2D eigenvalue weighted by Crippen LogP contribution is -2.16. The Kier molecular flexibility index (Phi) is 7.02. The molecule has 11 heteroatoms. The number of hydrogen-bond acceptors (Lipinski definition) is 7. The molecule has 3 N–H and O–H groups in total. The third kappa shape index (κ3) is 5.00. The molecule has 0 aliphatic heterocycles. The van der Waals surface area contributed by atoms with Crippen molar-refractivity contribution in [3.05, 3.63) is 96.2 Å². The lowest BCUT2D eigenvalue weighted by molar-refractivity contribution is 0.400. The van der Waals surface area contributed by atoms with Crippen LogP contribution in [-0.2, 0) is 16.4 Å². The summed E-state index contributed by atoms with van der Waals surface area (Å²) in [6.45, 7) is 0. The molecule has 3 aromatic carbocycles. The molecule has 40 heavy (non-hydrogen) atoms. The monoisotopic (exact) mass is 557 g/mol. The molecule has 0 spiro atoms. The lowest BCUT2D eigenvalue weighted by Gasteiger charge is -2.16. The summed E-state index contributed by atoms with van der Waals surface area (Å²) in [5, 5.41) is 9.94. The number of anilines is 2. The van der Waals surface area contributed by atoms with Crippen LogP contribution in [0.15, 0.2) is 83.9 Å². The Bertz CT molecular complexity index is 1920. The van der Waals surface area contributed by atoms with E-state index in [4.69, 9.17) is 10.5 Å². The first-order chi connectivity index (χ1) is 19.2. The highest BCUT2D eigenvalue weighted by Gasteiger charge is 2.24. The van der Waals surface area contributed by atoms with Crippen LogP contribution in [0, 0.1) is 23.0 Å². The summed E-state index contributed by atoms with van der Waals surface area (Å²) in [5.41, 5.74) is 10.1. The van der Waals surface area contributed by atoms with Crippen molar-refractivity contribution in [3.8, 4) is 34.2 Å². The highest BCUT2D eigenvalue weighted by atomic mass is 32.2. The number of nitrogens with zero attached hydrogens (tertiary/aromatic N) is 3. The fraction of sp³-hybridized carbons (Fsp3) is 0.0690. The molecule has 0 amide bonds. The number of aromatic nitrogens is 2. The summed E-state index contributed by atoms with van der Waals surface area (Å²) < 4.78 is 61.7. The van der Waals surface area contributed by atoms with E-state index >= 15 is 0 Å². The molecule has 5 aromatic rings. The number of nitriles is 1. The van der Waals surface area contributed by atoms with Crippen LogP contribution in [0.2, 0.25) is 0 Å². The largest absolute Gasteiger partial charge is 0.479 e. The number of nitrogens with two attached hydrogens (primary N) is 1. The molecule has 0 atom stereocenters. The summed E-state index contributed by atoms with van der Waals surface area (Å²) in [4.78, 5) is 7.90. The summed E-state index contributed by atoms with van der Waals surface area (Å²) in [6, 6.07) is 20.4. The van der Waals surface area contributed by atoms with Crippen molar-refractivity contribution in [2.75, 3.05) is 17.6 Å². The number of nitrogens with one attached hydrogen (secondary N) is 1. The van der Waals surface area contributed by atoms with E-state index in [9.17, 15) is 22.5 Å². The van der Waals surface area contributed by atoms with Crippen LogP contribution in [-0.4, -0.2) is 25.5 Å². The molecule has 200 valence electrons. The van der Waals surface area contributed by atoms with Gasteiger partial charge in [-0.1, -0.05) is 30.3 Å². The van der Waals surface area contributed by atoms with E-state index in [1.54, 1.807) is 24.3 Å². The molecule has 2 aromatic heterocycles. The predicted molar refractivity (Wildman–Crippen MR) is 148 cm³/mol. The average Bonchev–Trinajstić information content (AvgIpc) is 2.93. The van der Waals surface area contributed by atoms with E-state index in [2.05, 4.69) is 20.8 Å². The maximum Gasteiger partial charge on any atom is 0.265 e. The maximum atomic E-state index is 14.4. The molecule has 0 aliphatic carbocycles. The molecular formula is C29H21F2N5O3S. The fourth-order valence-electron chi connectivity index (χ4n) is 4.42. The molecule has 0 fully saturated rings. The van der Waals surface area contributed by atoms with E-state index in [1.807, 2.05) is 30.3 Å². The van der Waals surface area contributed by atoms with Gasteiger partial charge >= 0.3 is 0 Å². The number of ether oxygens (including phenoxy) is 1. The summed E-state index contributed by atoms with van der Waals surface area (Å²) in [7, 11) is -3.17. The maximum absolute atomic E-state index is 14.4. The van der Waals surface area contributed by atoms with Crippen LogP contribution in [0.5, 0.6) is 5.88 Å². The van der Waals surface area contributed by atoms with E-state index in [0.717, 1.165) is 23.3 Å². The third-order valence-electron chi connectivity index (χ3n) is 6.26. The Hall–Kier alpha value is -5.08. The fourth-order valence-corrected chi connectivity index (χ4v) is 5.55. The first-order valence-corrected chi connectivity index (χ1v) is 13.4. The summed E-state index contributed by atoms with van der Waals surface area (Å²) in [5.74, 6) is -1.90. The van der Waals surface area contributed by atoms with E-state index in [-0.39, 0.29) is 18.0 Å². The number of hydrogen-bond donors (Lipinski definition) is 2. The van der Waals surface area contributed by atoms with Gasteiger partial charge in [-0.05, 0) is 53.1 Å². The van der Waals surface area contributed by atoms with Crippen molar-refractivity contribution in [2.45, 2.75) is 11.3 Å². The smallest absolute Gasteiger partial charge is 0.265 e. The molecule has 0 saturated heterocycles. The van der Waals surface area contributed by atoms with Crippen LogP contribution in [0.25, 0.3) is 33.2 Å². The molecule has 0 unspecified atom stereocenters. The summed E-state index contributed by atoms with van der Waals surface area (Å²) >= 11 is 0. The van der Waals surface area contributed by atoms with Crippen molar-refractivity contribution in [2.24, 2.45) is 0 Å². The molecule has 0 aliphatic rings. The van der Waals surface area contributed by atoms with Crippen LogP contribution in [0.4, 0.5) is 20.3 Å². The van der Waals surface area contributed by atoms with Crippen molar-refractivity contribution >= 4 is 32.4 Å². The molecule has 0 bridgehead atoms. The second-order valence-corrected chi connectivity index (χ2v) is 10.4. The first-order valence-electron chi connectivity index (χ1n) is 11.9. The van der Waals surface area contributed by atoms with Crippen LogP contribution in [0.3, 0.4) is 0 Å². The van der Waals surface area contributed by atoms with Crippen molar-refractivity contribution in [3.63, 3.8) is 0 Å². The number of nitrogen functional groups attached to an aromatic ring is 1. The van der Waals surface area contributed by atoms with Crippen molar-refractivity contribution in [1.82, 2.24) is 9.97 Å². The molecule has 0 radical (unpaired) electrons. The van der Waals surface area contributed by atoms with Gasteiger partial charge in [0.15, 0.2) is 0 Å². The number of benzene rings is 3. The second-order valence-electron chi connectivity index (χ2n) is 8.74. The zero-order valence-corrected chi connectivity index (χ0v) is 21.8. The minimum atomic E-state index is -4.49. The topological polar surface area (TPSA) is 131 Å². The zero-order chi connectivity index (χ0) is 28.4. The quantitative estimate of drug-likeness (QED) is 0.262. The molecule has 2 heterocycles. The van der Waals surface area contributed by atoms with Gasteiger partial charge in [0.1, 0.15) is 28.0 Å². The lowest BCUT2D eigenvalue weighted by atomic mass is 9.96. The molecule has 0 saturated carbocycles. The van der Waals surface area contributed by atoms with Crippen molar-refractivity contribution < 1.29 is 21.9 Å². The van der Waals surface area contributed by atoms with Gasteiger partial charge in [0, 0.05) is 28.8 Å². The number of methoxy groups -OCH3 is 1. The summed E-state index contributed by atoms with van der Waals surface area (Å²) in [6.07, 6.45) is 1.64. The van der Waals surface area contributed by atoms with Gasteiger partial charge in [-0.3, -0.25) is 4.72 Å². The first kappa shape index (κ1) is 26.5. The molecule has 5 rings (SSSR count). The third-order valence-corrected chi connectivity index (χ3v) is 7.64. The van der Waals surface area contributed by atoms with Crippen molar-refractivity contribution in [1.29, 1.82) is 5.26 Å². The Morgan fingerprint density at radius 1 is 1.00 bits per heavy atom. The SMILES string of the molecule is COc1nccc(-c2ccc3nc(N)c(-c4ccccc4CC#N)cc3c2)c1NS(=O)(=O)c1ccc(F)cc1F. The normalized spacial score (nSPS) is 11.2. The van der Waals surface area contributed by atoms with E-state index < -0.39 is 26.6 Å². The highest BCUT2D eigenvalue weighted by molar-refractivity contribution is 7.92. The van der Waals surface area contributed by atoms with E-state index in [0.29, 0.717) is 39.5 Å². The number of halogens is 2. The number of fused-ring (bicyclic) bond motifs is 1. The minimum absolute atomic E-state index is 0.0314. The average molecular weight is 558 g/mol. The standard InChI is InChI=1S/C29H21F2N5O3S/c1-39-29-27(36-40(37,38)26-9-7-20(30)16-24(26)31)22(11-13-34-29)18-6-8-25-19(14-18)15-23(28(33)35-25)21-5-3-2-4-17(21)10-12-32/h2-9,11,13-16,36H,10H2,1H3,(H2,33,35). The van der Waals surface area contributed by atoms with Gasteiger partial charge in [0.05, 0.1) is 25.1 Å². The number of sulfonamides is 1. The van der Waals surface area contributed by atoms with Gasteiger partial charge in [0.2, 0.25) is 5.88 Å². The van der Waals surface area contributed by atoms with E-state index in [1.165, 1.54) is 13.3 Å².